The van der Waals surface area contributed by atoms with E-state index in [-0.39, 0.29) is 6.04 Å². The summed E-state index contributed by atoms with van der Waals surface area (Å²) < 4.78 is 1.36. The molecular weight excluding hydrogens is 214 g/mol. The smallest absolute Gasteiger partial charge is 0.0321 e. The first-order valence-corrected chi connectivity index (χ1v) is 6.63. The van der Waals surface area contributed by atoms with Crippen molar-refractivity contribution in [2.45, 2.75) is 32.7 Å². The van der Waals surface area contributed by atoms with Crippen LogP contribution < -0.4 is 15.5 Å². The number of thiophene rings is 1. The van der Waals surface area contributed by atoms with E-state index in [0.29, 0.717) is 5.92 Å². The van der Waals surface area contributed by atoms with Crippen molar-refractivity contribution >= 4 is 23.5 Å². The van der Waals surface area contributed by atoms with Gasteiger partial charge < -0.3 is 5.73 Å². The zero-order valence-corrected chi connectivity index (χ0v) is 10.8. The number of rotatable bonds is 3. The molecule has 2 N–H and O–H groups in total. The fraction of sp³-hybridized carbons (Fsp3) is 0.429. The van der Waals surface area contributed by atoms with Gasteiger partial charge in [-0.3, -0.25) is 0 Å². The highest BCUT2D eigenvalue weighted by Crippen LogP contribution is 2.14. The van der Waals surface area contributed by atoms with E-state index in [2.05, 4.69) is 32.6 Å². The standard InChI is InChI=1S/C14H19NS/c1-4-5-6-13-10(3)11-7-9(2)12(15)8-14(11)16-13/h4,7-9,12H,1,5-6,15H2,2-3H3. The van der Waals surface area contributed by atoms with E-state index >= 15 is 0 Å². The Morgan fingerprint density at radius 2 is 2.25 bits per heavy atom. The van der Waals surface area contributed by atoms with Crippen molar-refractivity contribution in [2.24, 2.45) is 11.7 Å². The maximum Gasteiger partial charge on any atom is 0.0321 e. The first kappa shape index (κ1) is 11.6. The van der Waals surface area contributed by atoms with Gasteiger partial charge in [-0.25, -0.2) is 0 Å². The number of aryl methyl sites for hydroxylation is 1. The predicted molar refractivity (Wildman–Crippen MR) is 72.9 cm³/mol. The molecule has 0 aromatic carbocycles. The van der Waals surface area contributed by atoms with Gasteiger partial charge in [0.05, 0.1) is 0 Å². The van der Waals surface area contributed by atoms with Crippen LogP contribution in [0.5, 0.6) is 0 Å². The van der Waals surface area contributed by atoms with Crippen LogP contribution in [0.25, 0.3) is 12.2 Å². The van der Waals surface area contributed by atoms with Crippen LogP contribution in [-0.2, 0) is 6.42 Å². The molecule has 0 bridgehead atoms. The Morgan fingerprint density at radius 3 is 2.94 bits per heavy atom. The van der Waals surface area contributed by atoms with Crippen molar-refractivity contribution in [1.82, 2.24) is 0 Å². The molecule has 1 aliphatic carbocycles. The zero-order valence-electron chi connectivity index (χ0n) is 9.99. The van der Waals surface area contributed by atoms with Gasteiger partial charge in [0.25, 0.3) is 0 Å². The minimum Gasteiger partial charge on any atom is -0.324 e. The SMILES string of the molecule is C=CCCc1sc2c(c1C)=CC(C)C(N)C=2. The average molecular weight is 233 g/mol. The lowest BCUT2D eigenvalue weighted by molar-refractivity contribution is 0.681. The number of nitrogens with two attached hydrogens (primary N) is 1. The summed E-state index contributed by atoms with van der Waals surface area (Å²) in [7, 11) is 0. The molecule has 0 radical (unpaired) electrons. The second kappa shape index (κ2) is 4.56. The third-order valence-electron chi connectivity index (χ3n) is 3.28. The zero-order chi connectivity index (χ0) is 11.7. The summed E-state index contributed by atoms with van der Waals surface area (Å²) in [6.45, 7) is 8.19. The molecule has 2 rings (SSSR count). The van der Waals surface area contributed by atoms with Crippen molar-refractivity contribution in [3.8, 4) is 0 Å². The Hall–Kier alpha value is -0.860. The Morgan fingerprint density at radius 1 is 1.50 bits per heavy atom. The average Bonchev–Trinajstić information content (AvgIpc) is 2.54. The lowest BCUT2D eigenvalue weighted by Gasteiger charge is -2.14. The molecule has 0 saturated carbocycles. The van der Waals surface area contributed by atoms with Crippen LogP contribution >= 0.6 is 11.3 Å². The summed E-state index contributed by atoms with van der Waals surface area (Å²) in [6, 6.07) is 0.179. The lowest BCUT2D eigenvalue weighted by Crippen LogP contribution is -2.36. The molecule has 1 heterocycles. The maximum atomic E-state index is 6.06. The van der Waals surface area contributed by atoms with Crippen molar-refractivity contribution in [2.75, 3.05) is 0 Å². The second-order valence-corrected chi connectivity index (χ2v) is 5.66. The minimum atomic E-state index is 0.179. The Balaban J connectivity index is 2.49. The van der Waals surface area contributed by atoms with E-state index in [1.807, 2.05) is 17.4 Å². The molecule has 2 heteroatoms. The summed E-state index contributed by atoms with van der Waals surface area (Å²) in [6.07, 6.45) is 8.69. The Kier molecular flexibility index (Phi) is 3.31. The van der Waals surface area contributed by atoms with Crippen LogP contribution in [0.1, 0.15) is 23.8 Å². The van der Waals surface area contributed by atoms with Crippen LogP contribution in [0.15, 0.2) is 12.7 Å². The molecule has 86 valence electrons. The molecule has 16 heavy (non-hydrogen) atoms. The fourth-order valence-electron chi connectivity index (χ4n) is 2.10. The summed E-state index contributed by atoms with van der Waals surface area (Å²) in [4.78, 5) is 1.48. The van der Waals surface area contributed by atoms with Gasteiger partial charge in [0.2, 0.25) is 0 Å². The third kappa shape index (κ3) is 2.00. The van der Waals surface area contributed by atoms with Gasteiger partial charge in [-0.2, -0.15) is 0 Å². The quantitative estimate of drug-likeness (QED) is 0.790. The van der Waals surface area contributed by atoms with E-state index in [1.54, 1.807) is 0 Å². The van der Waals surface area contributed by atoms with Gasteiger partial charge in [-0.15, -0.1) is 17.9 Å². The highest BCUT2D eigenvalue weighted by Gasteiger charge is 2.14. The molecule has 1 aromatic heterocycles. The molecule has 1 nitrogen and oxygen atoms in total. The Labute approximate surface area is 101 Å². The van der Waals surface area contributed by atoms with Crippen LogP contribution in [0.3, 0.4) is 0 Å². The molecule has 0 fully saturated rings. The predicted octanol–water partition coefficient (Wildman–Crippen LogP) is 1.71. The Bertz CT molecular complexity index is 510. The first-order valence-electron chi connectivity index (χ1n) is 5.82. The van der Waals surface area contributed by atoms with Crippen LogP contribution in [-0.4, -0.2) is 6.04 Å². The second-order valence-electron chi connectivity index (χ2n) is 4.53. The lowest BCUT2D eigenvalue weighted by atomic mass is 9.96. The normalized spacial score (nSPS) is 23.2. The molecular formula is C14H19NS. The van der Waals surface area contributed by atoms with Gasteiger partial charge >= 0.3 is 0 Å². The van der Waals surface area contributed by atoms with E-state index in [0.717, 1.165) is 12.8 Å². The van der Waals surface area contributed by atoms with Crippen molar-refractivity contribution in [1.29, 1.82) is 0 Å². The van der Waals surface area contributed by atoms with Gasteiger partial charge in [-0.05, 0) is 42.5 Å². The van der Waals surface area contributed by atoms with Gasteiger partial charge in [0, 0.05) is 15.5 Å². The maximum absolute atomic E-state index is 6.06. The number of fused-ring (bicyclic) bond motifs is 1. The van der Waals surface area contributed by atoms with Crippen molar-refractivity contribution in [3.63, 3.8) is 0 Å². The van der Waals surface area contributed by atoms with Gasteiger partial charge in [0.1, 0.15) is 0 Å². The molecule has 1 aromatic rings. The number of allylic oxidation sites excluding steroid dienone is 1. The molecule has 0 amide bonds. The van der Waals surface area contributed by atoms with Crippen molar-refractivity contribution < 1.29 is 0 Å². The molecule has 2 atom stereocenters. The van der Waals surface area contributed by atoms with Crippen LogP contribution in [0.2, 0.25) is 0 Å². The van der Waals surface area contributed by atoms with E-state index in [1.165, 1.54) is 20.2 Å². The summed E-state index contributed by atoms with van der Waals surface area (Å²) in [5.74, 6) is 0.452. The molecule has 0 spiro atoms. The van der Waals surface area contributed by atoms with E-state index in [9.17, 15) is 0 Å². The highest BCUT2D eigenvalue weighted by molar-refractivity contribution is 7.10. The monoisotopic (exact) mass is 233 g/mol. The summed E-state index contributed by atoms with van der Waals surface area (Å²) >= 11 is 1.89. The number of hydrogen-bond acceptors (Lipinski definition) is 2. The molecule has 0 aliphatic heterocycles. The summed E-state index contributed by atoms with van der Waals surface area (Å²) in [5.41, 5.74) is 7.50. The third-order valence-corrected chi connectivity index (χ3v) is 4.61. The molecule has 2 unspecified atom stereocenters. The molecule has 0 saturated heterocycles. The van der Waals surface area contributed by atoms with Gasteiger partial charge in [-0.1, -0.05) is 19.1 Å². The topological polar surface area (TPSA) is 26.0 Å². The van der Waals surface area contributed by atoms with Crippen LogP contribution in [0, 0.1) is 12.8 Å². The first-order chi connectivity index (χ1) is 7.63. The van der Waals surface area contributed by atoms with Gasteiger partial charge in [0.15, 0.2) is 0 Å². The minimum absolute atomic E-state index is 0.179. The highest BCUT2D eigenvalue weighted by atomic mass is 32.1. The van der Waals surface area contributed by atoms with E-state index < -0.39 is 0 Å². The molecule has 1 aliphatic rings. The van der Waals surface area contributed by atoms with Crippen molar-refractivity contribution in [3.05, 3.63) is 32.8 Å². The van der Waals surface area contributed by atoms with Crippen LogP contribution in [0.4, 0.5) is 0 Å². The largest absolute Gasteiger partial charge is 0.324 e. The van der Waals surface area contributed by atoms with E-state index in [4.69, 9.17) is 5.73 Å². The number of hydrogen-bond donors (Lipinski definition) is 1. The summed E-state index contributed by atoms with van der Waals surface area (Å²) in [5, 5.41) is 1.42. The fourth-order valence-corrected chi connectivity index (χ4v) is 3.41.